The smallest absolute Gasteiger partial charge is 0.240 e. The molecule has 0 saturated carbocycles. The van der Waals surface area contributed by atoms with E-state index in [0.717, 1.165) is 22.5 Å². The van der Waals surface area contributed by atoms with Crippen molar-refractivity contribution in [1.82, 2.24) is 20.2 Å². The second-order valence-corrected chi connectivity index (χ2v) is 4.36. The highest BCUT2D eigenvalue weighted by Crippen LogP contribution is 2.21. The predicted molar refractivity (Wildman–Crippen MR) is 76.7 cm³/mol. The summed E-state index contributed by atoms with van der Waals surface area (Å²) in [6.45, 7) is 0. The van der Waals surface area contributed by atoms with E-state index in [4.69, 9.17) is 5.73 Å². The van der Waals surface area contributed by atoms with Gasteiger partial charge >= 0.3 is 0 Å². The number of anilines is 1. The highest BCUT2D eigenvalue weighted by atomic mass is 15.2. The van der Waals surface area contributed by atoms with Crippen LogP contribution in [0.3, 0.4) is 0 Å². The van der Waals surface area contributed by atoms with Gasteiger partial charge in [0, 0.05) is 24.4 Å². The predicted octanol–water partition coefficient (Wildman–Crippen LogP) is 2.11. The topological polar surface area (TPSA) is 77.6 Å². The molecule has 0 aliphatic rings. The monoisotopic (exact) mass is 263 g/mol. The second kappa shape index (κ2) is 5.44. The zero-order valence-corrected chi connectivity index (χ0v) is 10.8. The van der Waals surface area contributed by atoms with E-state index >= 15 is 0 Å². The zero-order valence-electron chi connectivity index (χ0n) is 10.8. The Hall–Kier alpha value is -2.82. The molecular weight excluding hydrogens is 250 g/mol. The highest BCUT2D eigenvalue weighted by molar-refractivity contribution is 5.62. The Morgan fingerprint density at radius 1 is 0.900 bits per heavy atom. The van der Waals surface area contributed by atoms with E-state index in [-0.39, 0.29) is 5.95 Å². The lowest BCUT2D eigenvalue weighted by atomic mass is 10.1. The summed E-state index contributed by atoms with van der Waals surface area (Å²) in [5, 5.41) is 8.05. The van der Waals surface area contributed by atoms with Crippen LogP contribution in [0.1, 0.15) is 11.3 Å². The number of nitrogens with zero attached hydrogens (tertiary/aromatic N) is 4. The molecule has 1 aromatic carbocycles. The Kier molecular flexibility index (Phi) is 3.33. The first-order chi connectivity index (χ1) is 9.83. The van der Waals surface area contributed by atoms with Crippen LogP contribution in [0.25, 0.3) is 11.3 Å². The van der Waals surface area contributed by atoms with Gasteiger partial charge in [0.1, 0.15) is 0 Å². The van der Waals surface area contributed by atoms with E-state index in [9.17, 15) is 0 Å². The van der Waals surface area contributed by atoms with Crippen LogP contribution >= 0.6 is 0 Å². The number of hydrogen-bond acceptors (Lipinski definition) is 5. The van der Waals surface area contributed by atoms with Crippen LogP contribution in [0.5, 0.6) is 0 Å². The maximum atomic E-state index is 5.66. The summed E-state index contributed by atoms with van der Waals surface area (Å²) in [6, 6.07) is 13.8. The lowest BCUT2D eigenvalue weighted by molar-refractivity contribution is 0.908. The minimum Gasteiger partial charge on any atom is -0.366 e. The average Bonchev–Trinajstić information content (AvgIpc) is 2.51. The standard InChI is InChI=1S/C15H13N5/c16-15-18-14(12-4-2-1-3-5-12)13(19-20-15)10-11-6-8-17-9-7-11/h1-9H,10H2,(H2,16,18,20). The van der Waals surface area contributed by atoms with Crippen molar-refractivity contribution in [2.75, 3.05) is 5.73 Å². The minimum atomic E-state index is 0.183. The van der Waals surface area contributed by atoms with E-state index in [0.29, 0.717) is 6.42 Å². The van der Waals surface area contributed by atoms with Crippen LogP contribution in [0, 0.1) is 0 Å². The number of benzene rings is 1. The molecule has 5 heteroatoms. The van der Waals surface area contributed by atoms with Crippen molar-refractivity contribution in [3.05, 3.63) is 66.1 Å². The molecular formula is C15H13N5. The first-order valence-corrected chi connectivity index (χ1v) is 6.26. The number of nitrogen functional groups attached to an aromatic ring is 1. The molecule has 3 aromatic rings. The molecule has 0 aliphatic heterocycles. The molecule has 0 radical (unpaired) electrons. The molecule has 2 aromatic heterocycles. The number of rotatable bonds is 3. The largest absolute Gasteiger partial charge is 0.366 e. The summed E-state index contributed by atoms with van der Waals surface area (Å²) < 4.78 is 0. The fourth-order valence-corrected chi connectivity index (χ4v) is 2.00. The molecule has 98 valence electrons. The van der Waals surface area contributed by atoms with Gasteiger partial charge in [-0.05, 0) is 17.7 Å². The molecule has 2 heterocycles. The van der Waals surface area contributed by atoms with E-state index in [1.807, 2.05) is 42.5 Å². The van der Waals surface area contributed by atoms with E-state index in [1.165, 1.54) is 0 Å². The Morgan fingerprint density at radius 3 is 2.40 bits per heavy atom. The van der Waals surface area contributed by atoms with Gasteiger partial charge in [-0.2, -0.15) is 0 Å². The van der Waals surface area contributed by atoms with Crippen LogP contribution in [0.4, 0.5) is 5.95 Å². The quantitative estimate of drug-likeness (QED) is 0.783. The Morgan fingerprint density at radius 2 is 1.65 bits per heavy atom. The van der Waals surface area contributed by atoms with Gasteiger partial charge < -0.3 is 5.73 Å². The Labute approximate surface area is 116 Å². The van der Waals surface area contributed by atoms with Crippen LogP contribution in [0.15, 0.2) is 54.9 Å². The van der Waals surface area contributed by atoms with Crippen molar-refractivity contribution >= 4 is 5.95 Å². The van der Waals surface area contributed by atoms with Crippen LogP contribution in [-0.2, 0) is 6.42 Å². The molecule has 0 atom stereocenters. The second-order valence-electron chi connectivity index (χ2n) is 4.36. The van der Waals surface area contributed by atoms with Crippen molar-refractivity contribution < 1.29 is 0 Å². The molecule has 0 aliphatic carbocycles. The molecule has 0 fully saturated rings. The van der Waals surface area contributed by atoms with Crippen molar-refractivity contribution in [2.45, 2.75) is 6.42 Å². The maximum Gasteiger partial charge on any atom is 0.240 e. The minimum absolute atomic E-state index is 0.183. The lowest BCUT2D eigenvalue weighted by Crippen LogP contribution is -2.05. The summed E-state index contributed by atoms with van der Waals surface area (Å²) in [7, 11) is 0. The highest BCUT2D eigenvalue weighted by Gasteiger charge is 2.10. The van der Waals surface area contributed by atoms with Gasteiger partial charge in [0.05, 0.1) is 11.4 Å². The average molecular weight is 263 g/mol. The molecule has 0 saturated heterocycles. The summed E-state index contributed by atoms with van der Waals surface area (Å²) in [5.41, 5.74) is 9.33. The molecule has 0 bridgehead atoms. The third-order valence-corrected chi connectivity index (χ3v) is 2.94. The van der Waals surface area contributed by atoms with Crippen LogP contribution in [0.2, 0.25) is 0 Å². The molecule has 0 unspecified atom stereocenters. The first-order valence-electron chi connectivity index (χ1n) is 6.26. The number of nitrogens with two attached hydrogens (primary N) is 1. The number of aromatic nitrogens is 4. The molecule has 2 N–H and O–H groups in total. The molecule has 0 spiro atoms. The van der Waals surface area contributed by atoms with E-state index in [1.54, 1.807) is 12.4 Å². The summed E-state index contributed by atoms with van der Waals surface area (Å²) >= 11 is 0. The maximum absolute atomic E-state index is 5.66. The summed E-state index contributed by atoms with van der Waals surface area (Å²) in [4.78, 5) is 8.34. The summed E-state index contributed by atoms with van der Waals surface area (Å²) in [5.74, 6) is 0.183. The van der Waals surface area contributed by atoms with Gasteiger partial charge in [-0.15, -0.1) is 10.2 Å². The molecule has 5 nitrogen and oxygen atoms in total. The fraction of sp³-hybridized carbons (Fsp3) is 0.0667. The number of pyridine rings is 1. The molecule has 20 heavy (non-hydrogen) atoms. The van der Waals surface area contributed by atoms with Crippen molar-refractivity contribution in [3.8, 4) is 11.3 Å². The van der Waals surface area contributed by atoms with Crippen molar-refractivity contribution in [1.29, 1.82) is 0 Å². The third-order valence-electron chi connectivity index (χ3n) is 2.94. The SMILES string of the molecule is Nc1nnc(Cc2ccncc2)c(-c2ccccc2)n1. The van der Waals surface area contributed by atoms with Gasteiger partial charge in [-0.1, -0.05) is 30.3 Å². The van der Waals surface area contributed by atoms with Crippen molar-refractivity contribution in [3.63, 3.8) is 0 Å². The van der Waals surface area contributed by atoms with Crippen LogP contribution < -0.4 is 5.73 Å². The van der Waals surface area contributed by atoms with Gasteiger partial charge in [0.25, 0.3) is 0 Å². The normalized spacial score (nSPS) is 10.4. The van der Waals surface area contributed by atoms with Gasteiger partial charge in [0.15, 0.2) is 0 Å². The van der Waals surface area contributed by atoms with Gasteiger partial charge in [0.2, 0.25) is 5.95 Å². The Balaban J connectivity index is 2.03. The lowest BCUT2D eigenvalue weighted by Gasteiger charge is -2.07. The van der Waals surface area contributed by atoms with E-state index in [2.05, 4.69) is 20.2 Å². The fourth-order valence-electron chi connectivity index (χ4n) is 2.00. The molecule has 3 rings (SSSR count). The van der Waals surface area contributed by atoms with Crippen LogP contribution in [-0.4, -0.2) is 20.2 Å². The van der Waals surface area contributed by atoms with Gasteiger partial charge in [-0.25, -0.2) is 4.98 Å². The Bertz CT molecular complexity index is 698. The number of hydrogen-bond donors (Lipinski definition) is 1. The first kappa shape index (κ1) is 12.2. The van der Waals surface area contributed by atoms with E-state index < -0.39 is 0 Å². The zero-order chi connectivity index (χ0) is 13.8. The third kappa shape index (κ3) is 2.61. The van der Waals surface area contributed by atoms with Gasteiger partial charge in [-0.3, -0.25) is 4.98 Å². The van der Waals surface area contributed by atoms with Crippen molar-refractivity contribution in [2.24, 2.45) is 0 Å². The summed E-state index contributed by atoms with van der Waals surface area (Å²) in [6.07, 6.45) is 4.17. The molecule has 0 amide bonds.